The molecule has 1 aliphatic heterocycles. The standard InChI is InChI=1S/C24H30N6O2/c1-17-22(18(2)28(3)27-17)14-25-24(32)20-10-7-11-29(16-20)21-12-23(31)30(26-13-21)15-19-8-5-4-6-9-19/h4-6,8-9,12-13,20H,7,10-11,14-16H2,1-3H3,(H,25,32)/t20-/m1/s1. The second-order valence-electron chi connectivity index (χ2n) is 8.47. The highest BCUT2D eigenvalue weighted by Crippen LogP contribution is 2.22. The highest BCUT2D eigenvalue weighted by atomic mass is 16.2. The first kappa shape index (κ1) is 21.8. The van der Waals surface area contributed by atoms with Crippen LogP contribution in [0.15, 0.2) is 47.4 Å². The molecule has 8 nitrogen and oxygen atoms in total. The lowest BCUT2D eigenvalue weighted by molar-refractivity contribution is -0.125. The van der Waals surface area contributed by atoms with E-state index in [2.05, 4.69) is 20.4 Å². The van der Waals surface area contributed by atoms with E-state index >= 15 is 0 Å². The summed E-state index contributed by atoms with van der Waals surface area (Å²) in [6.45, 7) is 6.30. The van der Waals surface area contributed by atoms with Crippen molar-refractivity contribution in [3.63, 3.8) is 0 Å². The van der Waals surface area contributed by atoms with Crippen LogP contribution in [0.25, 0.3) is 0 Å². The van der Waals surface area contributed by atoms with Gasteiger partial charge in [-0.3, -0.25) is 14.3 Å². The van der Waals surface area contributed by atoms with Gasteiger partial charge in [-0.1, -0.05) is 30.3 Å². The van der Waals surface area contributed by atoms with E-state index in [1.807, 2.05) is 55.9 Å². The van der Waals surface area contributed by atoms with Crippen LogP contribution in [-0.2, 0) is 24.9 Å². The van der Waals surface area contributed by atoms with Crippen LogP contribution in [0.1, 0.15) is 35.4 Å². The summed E-state index contributed by atoms with van der Waals surface area (Å²) in [4.78, 5) is 27.6. The molecule has 0 radical (unpaired) electrons. The molecular formula is C24H30N6O2. The molecule has 1 aliphatic rings. The van der Waals surface area contributed by atoms with Crippen LogP contribution in [0, 0.1) is 19.8 Å². The Morgan fingerprint density at radius 2 is 2.00 bits per heavy atom. The molecule has 0 bridgehead atoms. The van der Waals surface area contributed by atoms with Crippen molar-refractivity contribution in [3.8, 4) is 0 Å². The molecule has 1 N–H and O–H groups in total. The fourth-order valence-electron chi connectivity index (χ4n) is 4.29. The van der Waals surface area contributed by atoms with Gasteiger partial charge in [-0.25, -0.2) is 4.68 Å². The zero-order valence-electron chi connectivity index (χ0n) is 18.9. The van der Waals surface area contributed by atoms with Crippen molar-refractivity contribution in [1.29, 1.82) is 0 Å². The summed E-state index contributed by atoms with van der Waals surface area (Å²) in [7, 11) is 1.91. The highest BCUT2D eigenvalue weighted by Gasteiger charge is 2.26. The lowest BCUT2D eigenvalue weighted by Gasteiger charge is -2.33. The number of carbonyl (C=O) groups excluding carboxylic acids is 1. The van der Waals surface area contributed by atoms with Gasteiger partial charge in [-0.2, -0.15) is 10.2 Å². The predicted molar refractivity (Wildman–Crippen MR) is 124 cm³/mol. The molecule has 1 saturated heterocycles. The molecule has 1 aromatic carbocycles. The molecule has 3 heterocycles. The first-order valence-corrected chi connectivity index (χ1v) is 11.0. The van der Waals surface area contributed by atoms with Gasteiger partial charge >= 0.3 is 0 Å². The number of aromatic nitrogens is 4. The summed E-state index contributed by atoms with van der Waals surface area (Å²) in [6.07, 6.45) is 3.47. The van der Waals surface area contributed by atoms with E-state index in [4.69, 9.17) is 0 Å². The highest BCUT2D eigenvalue weighted by molar-refractivity contribution is 5.79. The minimum absolute atomic E-state index is 0.0442. The van der Waals surface area contributed by atoms with Crippen molar-refractivity contribution < 1.29 is 4.79 Å². The number of hydrogen-bond acceptors (Lipinski definition) is 5. The summed E-state index contributed by atoms with van der Waals surface area (Å²) in [6, 6.07) is 11.4. The van der Waals surface area contributed by atoms with Gasteiger partial charge < -0.3 is 10.2 Å². The van der Waals surface area contributed by atoms with Crippen molar-refractivity contribution >= 4 is 11.6 Å². The Morgan fingerprint density at radius 1 is 1.22 bits per heavy atom. The topological polar surface area (TPSA) is 85.1 Å². The quantitative estimate of drug-likeness (QED) is 0.643. The van der Waals surface area contributed by atoms with Gasteiger partial charge in [0, 0.05) is 44.0 Å². The van der Waals surface area contributed by atoms with Crippen LogP contribution < -0.4 is 15.8 Å². The Hall–Kier alpha value is -3.42. The van der Waals surface area contributed by atoms with E-state index in [9.17, 15) is 9.59 Å². The van der Waals surface area contributed by atoms with E-state index in [0.717, 1.165) is 47.6 Å². The van der Waals surface area contributed by atoms with Crippen LogP contribution in [0.5, 0.6) is 0 Å². The molecule has 0 aliphatic carbocycles. The van der Waals surface area contributed by atoms with Crippen molar-refractivity contribution in [2.75, 3.05) is 18.0 Å². The third-order valence-corrected chi connectivity index (χ3v) is 6.29. The Labute approximate surface area is 187 Å². The normalized spacial score (nSPS) is 16.2. The van der Waals surface area contributed by atoms with Gasteiger partial charge in [0.25, 0.3) is 5.56 Å². The van der Waals surface area contributed by atoms with E-state index in [1.54, 1.807) is 12.3 Å². The number of aryl methyl sites for hydroxylation is 2. The lowest BCUT2D eigenvalue weighted by atomic mass is 9.96. The molecule has 0 unspecified atom stereocenters. The monoisotopic (exact) mass is 434 g/mol. The van der Waals surface area contributed by atoms with Gasteiger partial charge in [0.15, 0.2) is 0 Å². The molecule has 1 fully saturated rings. The maximum atomic E-state index is 12.9. The lowest BCUT2D eigenvalue weighted by Crippen LogP contribution is -2.43. The summed E-state index contributed by atoms with van der Waals surface area (Å²) < 4.78 is 3.30. The van der Waals surface area contributed by atoms with Crippen LogP contribution >= 0.6 is 0 Å². The number of amides is 1. The van der Waals surface area contributed by atoms with Gasteiger partial charge in [-0.15, -0.1) is 0 Å². The minimum atomic E-state index is -0.138. The van der Waals surface area contributed by atoms with E-state index in [1.165, 1.54) is 4.68 Å². The Bertz CT molecular complexity index is 1150. The maximum absolute atomic E-state index is 12.9. The van der Waals surface area contributed by atoms with Crippen LogP contribution in [0.2, 0.25) is 0 Å². The maximum Gasteiger partial charge on any atom is 0.269 e. The number of benzene rings is 1. The van der Waals surface area contributed by atoms with Gasteiger partial charge in [-0.05, 0) is 32.3 Å². The zero-order chi connectivity index (χ0) is 22.7. The summed E-state index contributed by atoms with van der Waals surface area (Å²) in [5, 5.41) is 11.9. The molecule has 4 rings (SSSR count). The number of rotatable bonds is 6. The minimum Gasteiger partial charge on any atom is -0.369 e. The van der Waals surface area contributed by atoms with Crippen LogP contribution in [0.4, 0.5) is 5.69 Å². The molecular weight excluding hydrogens is 404 g/mol. The molecule has 1 atom stereocenters. The fraction of sp³-hybridized carbons (Fsp3) is 0.417. The van der Waals surface area contributed by atoms with E-state index in [0.29, 0.717) is 19.6 Å². The van der Waals surface area contributed by atoms with Gasteiger partial charge in [0.1, 0.15) is 0 Å². The Morgan fingerprint density at radius 3 is 2.69 bits per heavy atom. The third-order valence-electron chi connectivity index (χ3n) is 6.29. The molecule has 32 heavy (non-hydrogen) atoms. The third kappa shape index (κ3) is 4.74. The van der Waals surface area contributed by atoms with E-state index in [-0.39, 0.29) is 17.4 Å². The van der Waals surface area contributed by atoms with Crippen molar-refractivity contribution in [3.05, 3.63) is 75.5 Å². The molecule has 1 amide bonds. The van der Waals surface area contributed by atoms with Crippen molar-refractivity contribution in [2.24, 2.45) is 13.0 Å². The molecule has 8 heteroatoms. The average molecular weight is 435 g/mol. The van der Waals surface area contributed by atoms with Gasteiger partial charge in [0.05, 0.1) is 30.0 Å². The second-order valence-corrected chi connectivity index (χ2v) is 8.47. The first-order chi connectivity index (χ1) is 15.4. The summed E-state index contributed by atoms with van der Waals surface area (Å²) in [5.41, 5.74) is 4.74. The molecule has 2 aromatic heterocycles. The van der Waals surface area contributed by atoms with Crippen molar-refractivity contribution in [2.45, 2.75) is 39.8 Å². The Kier molecular flexibility index (Phi) is 6.39. The molecule has 0 spiro atoms. The number of carbonyl (C=O) groups is 1. The first-order valence-electron chi connectivity index (χ1n) is 11.0. The number of nitrogens with one attached hydrogen (secondary N) is 1. The number of nitrogens with zero attached hydrogens (tertiary/aromatic N) is 5. The molecule has 168 valence electrons. The Balaban J connectivity index is 1.39. The number of anilines is 1. The number of piperidine rings is 1. The zero-order valence-corrected chi connectivity index (χ0v) is 18.9. The predicted octanol–water partition coefficient (Wildman–Crippen LogP) is 2.17. The molecule has 3 aromatic rings. The average Bonchev–Trinajstić information content (AvgIpc) is 3.05. The largest absolute Gasteiger partial charge is 0.369 e. The number of hydrogen-bond donors (Lipinski definition) is 1. The van der Waals surface area contributed by atoms with Crippen LogP contribution in [-0.4, -0.2) is 38.6 Å². The summed E-state index contributed by atoms with van der Waals surface area (Å²) >= 11 is 0. The van der Waals surface area contributed by atoms with Crippen molar-refractivity contribution in [1.82, 2.24) is 24.9 Å². The summed E-state index contributed by atoms with van der Waals surface area (Å²) in [5.74, 6) is -0.0736. The smallest absolute Gasteiger partial charge is 0.269 e. The molecule has 0 saturated carbocycles. The second kappa shape index (κ2) is 9.38. The fourth-order valence-corrected chi connectivity index (χ4v) is 4.29. The van der Waals surface area contributed by atoms with Crippen LogP contribution in [0.3, 0.4) is 0 Å². The SMILES string of the molecule is Cc1nn(C)c(C)c1CNC(=O)[C@@H]1CCCN(c2cnn(Cc3ccccc3)c(=O)c2)C1. The van der Waals surface area contributed by atoms with Gasteiger partial charge in [0.2, 0.25) is 5.91 Å². The van der Waals surface area contributed by atoms with E-state index < -0.39 is 0 Å².